The Balaban J connectivity index is 1.63. The third kappa shape index (κ3) is 3.37. The molecular weight excluding hydrogens is 280 g/mol. The van der Waals surface area contributed by atoms with Crippen molar-refractivity contribution in [3.63, 3.8) is 0 Å². The minimum Gasteiger partial charge on any atom is -0.304 e. The molecule has 0 amide bonds. The van der Waals surface area contributed by atoms with Gasteiger partial charge in [0.25, 0.3) is 0 Å². The van der Waals surface area contributed by atoms with Gasteiger partial charge in [0.15, 0.2) is 0 Å². The zero-order valence-corrected chi connectivity index (χ0v) is 13.0. The summed E-state index contributed by atoms with van der Waals surface area (Å²) in [6.45, 7) is 5.02. The van der Waals surface area contributed by atoms with Gasteiger partial charge in [0, 0.05) is 22.3 Å². The average Bonchev–Trinajstić information content (AvgIpc) is 3.15. The Bertz CT molecular complexity index is 702. The largest absolute Gasteiger partial charge is 0.304 e. The van der Waals surface area contributed by atoms with Crippen molar-refractivity contribution in [2.75, 3.05) is 0 Å². The Morgan fingerprint density at radius 1 is 1.19 bits per heavy atom. The fraction of sp³-hybridized carbons (Fsp3) is 0.250. The summed E-state index contributed by atoms with van der Waals surface area (Å²) in [5.41, 5.74) is 1.92. The first-order valence-corrected chi connectivity index (χ1v) is 7.80. The molecule has 4 nitrogen and oxygen atoms in total. The first-order valence-electron chi connectivity index (χ1n) is 6.99. The highest BCUT2D eigenvalue weighted by atomic mass is 32.1. The van der Waals surface area contributed by atoms with E-state index >= 15 is 0 Å². The lowest BCUT2D eigenvalue weighted by atomic mass is 10.2. The van der Waals surface area contributed by atoms with Gasteiger partial charge in [0.05, 0.1) is 17.6 Å². The zero-order valence-electron chi connectivity index (χ0n) is 12.2. The van der Waals surface area contributed by atoms with Crippen molar-refractivity contribution in [2.24, 2.45) is 0 Å². The molecule has 1 atom stereocenters. The van der Waals surface area contributed by atoms with Crippen LogP contribution >= 0.6 is 11.3 Å². The van der Waals surface area contributed by atoms with Crippen LogP contribution in [0.15, 0.2) is 48.7 Å². The maximum Gasteiger partial charge on any atom is 0.0969 e. The van der Waals surface area contributed by atoms with E-state index in [0.29, 0.717) is 12.6 Å². The molecule has 0 saturated heterocycles. The summed E-state index contributed by atoms with van der Waals surface area (Å²) in [5.74, 6) is 0. The second-order valence-electron chi connectivity index (χ2n) is 5.01. The van der Waals surface area contributed by atoms with Gasteiger partial charge in [-0.25, -0.2) is 0 Å². The SMILES string of the molecule is Cc1ccc(C(C)NCc2cnn(-c3ccccc3)n2)s1. The second-order valence-corrected chi connectivity index (χ2v) is 6.33. The summed E-state index contributed by atoms with van der Waals surface area (Å²) in [6, 6.07) is 14.6. The van der Waals surface area contributed by atoms with Crippen LogP contribution in [0.3, 0.4) is 0 Å². The number of thiophene rings is 1. The minimum absolute atomic E-state index is 0.325. The first-order chi connectivity index (χ1) is 10.2. The van der Waals surface area contributed by atoms with Gasteiger partial charge in [-0.05, 0) is 38.1 Å². The van der Waals surface area contributed by atoms with Crippen LogP contribution < -0.4 is 5.32 Å². The van der Waals surface area contributed by atoms with E-state index in [4.69, 9.17) is 0 Å². The molecule has 0 aliphatic carbocycles. The van der Waals surface area contributed by atoms with E-state index in [1.54, 1.807) is 4.80 Å². The van der Waals surface area contributed by atoms with Gasteiger partial charge < -0.3 is 5.32 Å². The molecule has 3 rings (SSSR count). The minimum atomic E-state index is 0.325. The van der Waals surface area contributed by atoms with Crippen molar-refractivity contribution in [3.05, 3.63) is 64.1 Å². The van der Waals surface area contributed by atoms with Crippen LogP contribution in [-0.4, -0.2) is 15.0 Å². The highest BCUT2D eigenvalue weighted by molar-refractivity contribution is 7.12. The number of rotatable bonds is 5. The van der Waals surface area contributed by atoms with E-state index in [9.17, 15) is 0 Å². The standard InChI is InChI=1S/C16H18N4S/c1-12-8-9-16(21-12)13(2)17-10-14-11-18-20(19-14)15-6-4-3-5-7-15/h3-9,11,13,17H,10H2,1-2H3. The van der Waals surface area contributed by atoms with Gasteiger partial charge in [0.2, 0.25) is 0 Å². The highest BCUT2D eigenvalue weighted by Gasteiger charge is 2.08. The fourth-order valence-corrected chi connectivity index (χ4v) is 3.01. The predicted octanol–water partition coefficient (Wildman–Crippen LogP) is 3.49. The normalized spacial score (nSPS) is 12.5. The molecule has 1 aromatic carbocycles. The summed E-state index contributed by atoms with van der Waals surface area (Å²) in [7, 11) is 0. The summed E-state index contributed by atoms with van der Waals surface area (Å²) < 4.78 is 0. The molecule has 0 aliphatic heterocycles. The lowest BCUT2D eigenvalue weighted by molar-refractivity contribution is 0.571. The Kier molecular flexibility index (Phi) is 4.13. The van der Waals surface area contributed by atoms with Crippen LogP contribution in [0.5, 0.6) is 0 Å². The van der Waals surface area contributed by atoms with Gasteiger partial charge in [-0.1, -0.05) is 18.2 Å². The van der Waals surface area contributed by atoms with Gasteiger partial charge in [-0.15, -0.1) is 11.3 Å². The molecule has 0 aliphatic rings. The number of para-hydroxylation sites is 1. The number of nitrogens with zero attached hydrogens (tertiary/aromatic N) is 3. The summed E-state index contributed by atoms with van der Waals surface area (Å²) >= 11 is 1.83. The molecule has 5 heteroatoms. The van der Waals surface area contributed by atoms with E-state index in [1.165, 1.54) is 9.75 Å². The Morgan fingerprint density at radius 3 is 2.71 bits per heavy atom. The van der Waals surface area contributed by atoms with Gasteiger partial charge in [0.1, 0.15) is 0 Å². The fourth-order valence-electron chi connectivity index (χ4n) is 2.11. The van der Waals surface area contributed by atoms with Crippen molar-refractivity contribution < 1.29 is 0 Å². The molecule has 3 aromatic rings. The molecule has 0 saturated carbocycles. The summed E-state index contributed by atoms with van der Waals surface area (Å²) in [6.07, 6.45) is 1.81. The van der Waals surface area contributed by atoms with Crippen LogP contribution in [-0.2, 0) is 6.54 Å². The average molecular weight is 298 g/mol. The van der Waals surface area contributed by atoms with Crippen LogP contribution in [0, 0.1) is 6.92 Å². The Labute approximate surface area is 128 Å². The van der Waals surface area contributed by atoms with Crippen LogP contribution in [0.25, 0.3) is 5.69 Å². The lowest BCUT2D eigenvalue weighted by Gasteiger charge is -2.10. The zero-order chi connectivity index (χ0) is 14.7. The van der Waals surface area contributed by atoms with E-state index in [2.05, 4.69) is 41.5 Å². The molecule has 21 heavy (non-hydrogen) atoms. The number of hydrogen-bond donors (Lipinski definition) is 1. The van der Waals surface area contributed by atoms with Gasteiger partial charge in [-0.3, -0.25) is 0 Å². The van der Waals surface area contributed by atoms with Crippen LogP contribution in [0.2, 0.25) is 0 Å². The van der Waals surface area contributed by atoms with Gasteiger partial charge >= 0.3 is 0 Å². The second kappa shape index (κ2) is 6.20. The van der Waals surface area contributed by atoms with Crippen LogP contribution in [0.1, 0.15) is 28.4 Å². The third-order valence-electron chi connectivity index (χ3n) is 3.30. The molecular formula is C16H18N4S. The highest BCUT2D eigenvalue weighted by Crippen LogP contribution is 2.22. The maximum atomic E-state index is 4.50. The number of nitrogens with one attached hydrogen (secondary N) is 1. The van der Waals surface area contributed by atoms with Crippen molar-refractivity contribution in [3.8, 4) is 5.69 Å². The number of hydrogen-bond acceptors (Lipinski definition) is 4. The lowest BCUT2D eigenvalue weighted by Crippen LogP contribution is -2.17. The molecule has 1 N–H and O–H groups in total. The van der Waals surface area contributed by atoms with Gasteiger partial charge in [-0.2, -0.15) is 15.0 Å². The summed E-state index contributed by atoms with van der Waals surface area (Å²) in [5, 5.41) is 12.3. The van der Waals surface area contributed by atoms with E-state index in [0.717, 1.165) is 11.4 Å². The number of aryl methyl sites for hydroxylation is 1. The molecule has 2 aromatic heterocycles. The molecule has 0 spiro atoms. The van der Waals surface area contributed by atoms with Crippen molar-refractivity contribution in [2.45, 2.75) is 26.4 Å². The Morgan fingerprint density at radius 2 is 2.00 bits per heavy atom. The quantitative estimate of drug-likeness (QED) is 0.784. The first kappa shape index (κ1) is 14.0. The number of aromatic nitrogens is 3. The van der Waals surface area contributed by atoms with E-state index in [-0.39, 0.29) is 0 Å². The van der Waals surface area contributed by atoms with Crippen molar-refractivity contribution in [1.82, 2.24) is 20.3 Å². The molecule has 0 bridgehead atoms. The topological polar surface area (TPSA) is 42.7 Å². The molecule has 1 unspecified atom stereocenters. The molecule has 0 fully saturated rings. The molecule has 108 valence electrons. The van der Waals surface area contributed by atoms with Crippen LogP contribution in [0.4, 0.5) is 0 Å². The predicted molar refractivity (Wildman–Crippen MR) is 85.7 cm³/mol. The third-order valence-corrected chi connectivity index (χ3v) is 4.49. The Hall–Kier alpha value is -1.98. The molecule has 0 radical (unpaired) electrons. The van der Waals surface area contributed by atoms with E-state index in [1.807, 2.05) is 47.9 Å². The smallest absolute Gasteiger partial charge is 0.0969 e. The van der Waals surface area contributed by atoms with Crippen molar-refractivity contribution in [1.29, 1.82) is 0 Å². The molecule has 2 heterocycles. The monoisotopic (exact) mass is 298 g/mol. The summed E-state index contributed by atoms with van der Waals surface area (Å²) in [4.78, 5) is 4.35. The van der Waals surface area contributed by atoms with Crippen molar-refractivity contribution >= 4 is 11.3 Å². The maximum absolute atomic E-state index is 4.50. The van der Waals surface area contributed by atoms with E-state index < -0.39 is 0 Å². The number of benzene rings is 1.